The van der Waals surface area contributed by atoms with Gasteiger partial charge in [0.15, 0.2) is 0 Å². The fourth-order valence-electron chi connectivity index (χ4n) is 4.83. The molecule has 5 rings (SSSR count). The first kappa shape index (κ1) is 46.2. The van der Waals surface area contributed by atoms with Gasteiger partial charge in [0, 0.05) is 11.4 Å². The molecule has 0 aliphatic rings. The van der Waals surface area contributed by atoms with Gasteiger partial charge in [0.2, 0.25) is 0 Å². The highest BCUT2D eigenvalue weighted by molar-refractivity contribution is 7.93. The second kappa shape index (κ2) is 20.0. The minimum Gasteiger partial charge on any atom is -0.490 e. The zero-order chi connectivity index (χ0) is 44.1. The average Bonchev–Trinajstić information content (AvgIpc) is 3.19. The van der Waals surface area contributed by atoms with E-state index in [0.29, 0.717) is 28.7 Å². The van der Waals surface area contributed by atoms with E-state index in [2.05, 4.69) is 25.5 Å². The van der Waals surface area contributed by atoms with Gasteiger partial charge in [-0.15, -0.1) is 0 Å². The van der Waals surface area contributed by atoms with Crippen molar-refractivity contribution < 1.29 is 68.8 Å². The first-order valence-electron chi connectivity index (χ1n) is 17.7. The van der Waals surface area contributed by atoms with Crippen molar-refractivity contribution in [2.45, 2.75) is 36.6 Å². The van der Waals surface area contributed by atoms with Crippen LogP contribution in [-0.4, -0.2) is 70.9 Å². The molecule has 14 nitrogen and oxygen atoms in total. The number of benzene rings is 5. The van der Waals surface area contributed by atoms with Gasteiger partial charge < -0.3 is 29.2 Å². The molecule has 0 aliphatic carbocycles. The van der Waals surface area contributed by atoms with E-state index in [0.717, 1.165) is 17.7 Å². The number of carbonyl (C=O) groups is 2. The van der Waals surface area contributed by atoms with E-state index in [-0.39, 0.29) is 53.6 Å². The van der Waals surface area contributed by atoms with Gasteiger partial charge in [-0.2, -0.15) is 21.6 Å². The molecule has 60 heavy (non-hydrogen) atoms. The van der Waals surface area contributed by atoms with Crippen LogP contribution in [0.5, 0.6) is 23.0 Å². The molecule has 0 fully saturated rings. The summed E-state index contributed by atoms with van der Waals surface area (Å²) in [7, 11) is -9.17. The van der Waals surface area contributed by atoms with E-state index in [1.165, 1.54) is 53.3 Å². The maximum Gasteiger partial charge on any atom is 0.516 e. The fraction of sp³-hybridized carbons (Fsp3) is 0.220. The quantitative estimate of drug-likeness (QED) is 0.0656. The monoisotopic (exact) mass is 874 g/mol. The number of alkyl halides is 3. The predicted molar refractivity (Wildman–Crippen MR) is 216 cm³/mol. The van der Waals surface area contributed by atoms with Crippen molar-refractivity contribution in [1.82, 2.24) is 0 Å². The summed E-state index contributed by atoms with van der Waals surface area (Å²) < 4.78 is 110. The van der Waals surface area contributed by atoms with Crippen LogP contribution in [0.2, 0.25) is 0 Å². The molecule has 5 aromatic carbocycles. The minimum atomic E-state index is -5.47. The molecule has 5 aromatic rings. The molecular formula is C41H41F3N2O12S2. The first-order valence-corrected chi connectivity index (χ1v) is 20.7. The highest BCUT2D eigenvalue weighted by atomic mass is 32.2. The van der Waals surface area contributed by atoms with Crippen LogP contribution in [0.1, 0.15) is 47.1 Å². The largest absolute Gasteiger partial charge is 0.516 e. The molecule has 0 radical (unpaired) electrons. The first-order chi connectivity index (χ1) is 28.1. The Morgan fingerprint density at radius 3 is 1.13 bits per heavy atom. The Kier molecular flexibility index (Phi) is 15.4. The lowest BCUT2D eigenvalue weighted by atomic mass is 9.87. The topological polar surface area (TPSA) is 204 Å². The predicted octanol–water partition coefficient (Wildman–Crippen LogP) is 8.05. The van der Waals surface area contributed by atoms with Gasteiger partial charge >= 0.3 is 27.5 Å². The Labute approximate surface area is 344 Å². The Morgan fingerprint density at radius 1 is 0.517 bits per heavy atom. The van der Waals surface area contributed by atoms with Gasteiger partial charge in [0.05, 0.1) is 16.0 Å². The Hall–Kier alpha value is -6.47. The summed E-state index contributed by atoms with van der Waals surface area (Å²) in [5, 5.41) is 17.7. The van der Waals surface area contributed by atoms with Crippen molar-refractivity contribution in [2.75, 3.05) is 35.9 Å². The third-order valence-electron chi connectivity index (χ3n) is 7.99. The zero-order valence-electron chi connectivity index (χ0n) is 32.3. The molecule has 0 amide bonds. The maximum atomic E-state index is 12.7. The summed E-state index contributed by atoms with van der Waals surface area (Å²) in [6.07, 6.45) is 0. The number of anilines is 2. The lowest BCUT2D eigenvalue weighted by Crippen LogP contribution is -2.29. The molecule has 320 valence electrons. The van der Waals surface area contributed by atoms with Gasteiger partial charge in [-0.1, -0.05) is 32.9 Å². The Bertz CT molecular complexity index is 2410. The molecular weight excluding hydrogens is 834 g/mol. The van der Waals surface area contributed by atoms with E-state index in [1.54, 1.807) is 48.5 Å². The molecule has 0 aromatic heterocycles. The average molecular weight is 875 g/mol. The van der Waals surface area contributed by atoms with Gasteiger partial charge in [-0.05, 0) is 120 Å². The molecule has 0 heterocycles. The summed E-state index contributed by atoms with van der Waals surface area (Å²) in [5.41, 5.74) is -3.91. The molecule has 4 N–H and O–H groups in total. The Morgan fingerprint density at radius 2 is 0.833 bits per heavy atom. The summed E-state index contributed by atoms with van der Waals surface area (Å²) >= 11 is 0. The smallest absolute Gasteiger partial charge is 0.490 e. The van der Waals surface area contributed by atoms with Crippen LogP contribution < -0.4 is 28.4 Å². The second-order valence-electron chi connectivity index (χ2n) is 13.5. The van der Waals surface area contributed by atoms with Gasteiger partial charge in [-0.3, -0.25) is 9.44 Å². The lowest BCUT2D eigenvalue weighted by molar-refractivity contribution is -0.0429. The van der Waals surface area contributed by atoms with Gasteiger partial charge in [-0.25, -0.2) is 18.0 Å². The normalized spacial score (nSPS) is 11.6. The van der Waals surface area contributed by atoms with Crippen LogP contribution in [0.4, 0.5) is 24.5 Å². The third kappa shape index (κ3) is 14.1. The van der Waals surface area contributed by atoms with Crippen molar-refractivity contribution in [3.8, 4) is 23.0 Å². The highest BCUT2D eigenvalue weighted by Crippen LogP contribution is 2.27. The molecule has 0 spiro atoms. The summed E-state index contributed by atoms with van der Waals surface area (Å²) in [6, 6.07) is 30.2. The molecule has 0 unspecified atom stereocenters. The Balaban J connectivity index is 0.000000270. The molecule has 19 heteroatoms. The van der Waals surface area contributed by atoms with Crippen molar-refractivity contribution in [3.63, 3.8) is 0 Å². The van der Waals surface area contributed by atoms with Crippen LogP contribution in [-0.2, 0) is 25.5 Å². The highest BCUT2D eigenvalue weighted by Gasteiger charge is 2.46. The van der Waals surface area contributed by atoms with Crippen molar-refractivity contribution >= 4 is 43.4 Å². The summed E-state index contributed by atoms with van der Waals surface area (Å²) in [5.74, 6) is -0.184. The number of sulfonamides is 2. The van der Waals surface area contributed by atoms with Crippen LogP contribution in [0.15, 0.2) is 126 Å². The molecule has 0 atom stereocenters. The van der Waals surface area contributed by atoms with Crippen LogP contribution in [0.25, 0.3) is 0 Å². The number of aromatic carboxylic acids is 2. The van der Waals surface area contributed by atoms with E-state index >= 15 is 0 Å². The van der Waals surface area contributed by atoms with Crippen molar-refractivity contribution in [3.05, 3.63) is 138 Å². The van der Waals surface area contributed by atoms with E-state index in [4.69, 9.17) is 29.2 Å². The maximum absolute atomic E-state index is 12.7. The lowest BCUT2D eigenvalue weighted by Gasteiger charge is -2.19. The summed E-state index contributed by atoms with van der Waals surface area (Å²) in [6.45, 7) is 7.00. The number of nitrogens with one attached hydrogen (secondary N) is 2. The van der Waals surface area contributed by atoms with Crippen molar-refractivity contribution in [1.29, 1.82) is 0 Å². The number of carboxylic acids is 2. The number of halogens is 3. The molecule has 0 aliphatic heterocycles. The van der Waals surface area contributed by atoms with Gasteiger partial charge in [0.25, 0.3) is 10.0 Å². The number of ether oxygens (including phenoxy) is 4. The molecule has 0 bridgehead atoms. The van der Waals surface area contributed by atoms with E-state index in [9.17, 15) is 39.6 Å². The number of carboxylic acid groups (broad SMARTS) is 2. The van der Waals surface area contributed by atoms with Crippen LogP contribution >= 0.6 is 0 Å². The molecule has 0 saturated heterocycles. The van der Waals surface area contributed by atoms with E-state index in [1.807, 2.05) is 12.1 Å². The summed E-state index contributed by atoms with van der Waals surface area (Å²) in [4.78, 5) is 21.8. The molecule has 0 saturated carbocycles. The number of hydrogen-bond donors (Lipinski definition) is 4. The SMILES string of the molecule is CC(C)(C)c1ccc(S(=O)(=O)Nc2ccc(OCCOc3ccc(C(=O)O)cc3)cc2)cc1.O=C(O)c1ccc(OCCOc2ccc(NS(=O)(=O)C(F)(F)F)cc2)cc1. The standard InChI is InChI=1S/C25H27NO6S.C16H14F3NO6S/c1-25(2,3)19-6-14-23(15-7-19)33(29,30)26-20-8-12-22(13-9-20)32-17-16-31-21-10-4-18(5-11-21)24(27)28;17-16(18,19)27(23,24)20-12-3-7-14(8-4-12)26-10-9-25-13-5-1-11(2-6-13)15(21)22/h4-15,26H,16-17H2,1-3H3,(H,27,28);1-8,20H,9-10H2,(H,21,22). The van der Waals surface area contributed by atoms with Crippen molar-refractivity contribution in [2.24, 2.45) is 0 Å². The minimum absolute atomic E-state index is 0.0540. The van der Waals surface area contributed by atoms with E-state index < -0.39 is 37.5 Å². The van der Waals surface area contributed by atoms with Crippen LogP contribution in [0, 0.1) is 0 Å². The van der Waals surface area contributed by atoms with Gasteiger partial charge in [0.1, 0.15) is 49.4 Å². The number of rotatable bonds is 17. The van der Waals surface area contributed by atoms with Crippen LogP contribution in [0.3, 0.4) is 0 Å². The number of hydrogen-bond acceptors (Lipinski definition) is 10. The fourth-order valence-corrected chi connectivity index (χ4v) is 6.45. The second-order valence-corrected chi connectivity index (χ2v) is 16.9. The third-order valence-corrected chi connectivity index (χ3v) is 10.5. The zero-order valence-corrected chi connectivity index (χ0v) is 33.9.